The average molecular weight is 219 g/mol. The van der Waals surface area contributed by atoms with Crippen LogP contribution in [0, 0.1) is 6.92 Å². The van der Waals surface area contributed by atoms with Crippen LogP contribution in [-0.2, 0) is 4.79 Å². The van der Waals surface area contributed by atoms with E-state index >= 15 is 0 Å². The van der Waals surface area contributed by atoms with Gasteiger partial charge in [0.25, 0.3) is 5.91 Å². The van der Waals surface area contributed by atoms with Gasteiger partial charge in [-0.3, -0.25) is 4.79 Å². The first kappa shape index (κ1) is 12.2. The minimum Gasteiger partial charge on any atom is -0.376 e. The molecule has 0 bridgehead atoms. The summed E-state index contributed by atoms with van der Waals surface area (Å²) in [6, 6.07) is 7.83. The highest BCUT2D eigenvalue weighted by Crippen LogP contribution is 2.12. The van der Waals surface area contributed by atoms with Gasteiger partial charge in [-0.1, -0.05) is 18.2 Å². The quantitative estimate of drug-likeness (QED) is 0.600. The summed E-state index contributed by atoms with van der Waals surface area (Å²) >= 11 is 0. The van der Waals surface area contributed by atoms with Crippen molar-refractivity contribution in [2.75, 3.05) is 11.9 Å². The number of amides is 1. The molecular weight excluding hydrogens is 202 g/mol. The Hall–Kier alpha value is -1.84. The Bertz CT molecular complexity index is 395. The number of hydrogen-bond donors (Lipinski definition) is 2. The van der Waals surface area contributed by atoms with E-state index in [0.717, 1.165) is 17.0 Å². The van der Waals surface area contributed by atoms with Crippen LogP contribution >= 0.6 is 0 Å². The standard InChI is InChI=1S/C12H17N3O/c1-9(2)14-15-12(16)8-13-11-7-5-4-6-10(11)3/h4-7,13H,8H2,1-3H3,(H,15,16). The van der Waals surface area contributed by atoms with Gasteiger partial charge in [0.15, 0.2) is 0 Å². The highest BCUT2D eigenvalue weighted by molar-refractivity contribution is 5.84. The van der Waals surface area contributed by atoms with E-state index in [1.807, 2.05) is 45.0 Å². The van der Waals surface area contributed by atoms with Crippen molar-refractivity contribution < 1.29 is 4.79 Å². The molecule has 0 atom stereocenters. The minimum atomic E-state index is -0.149. The minimum absolute atomic E-state index is 0.149. The number of carbonyl (C=O) groups is 1. The maximum atomic E-state index is 11.4. The zero-order chi connectivity index (χ0) is 12.0. The smallest absolute Gasteiger partial charge is 0.259 e. The molecule has 0 unspecified atom stereocenters. The summed E-state index contributed by atoms with van der Waals surface area (Å²) < 4.78 is 0. The SMILES string of the molecule is CC(C)=NNC(=O)CNc1ccccc1C. The largest absolute Gasteiger partial charge is 0.376 e. The van der Waals surface area contributed by atoms with Crippen molar-refractivity contribution in [3.63, 3.8) is 0 Å². The van der Waals surface area contributed by atoms with Crippen LogP contribution in [0.15, 0.2) is 29.4 Å². The Morgan fingerprint density at radius 2 is 2.00 bits per heavy atom. The van der Waals surface area contributed by atoms with Crippen molar-refractivity contribution in [3.8, 4) is 0 Å². The highest BCUT2D eigenvalue weighted by atomic mass is 16.2. The Morgan fingerprint density at radius 3 is 2.62 bits per heavy atom. The van der Waals surface area contributed by atoms with Crippen LogP contribution in [0.25, 0.3) is 0 Å². The Labute approximate surface area is 95.7 Å². The van der Waals surface area contributed by atoms with Crippen LogP contribution in [0.2, 0.25) is 0 Å². The molecule has 0 saturated heterocycles. The molecular formula is C12H17N3O. The summed E-state index contributed by atoms with van der Waals surface area (Å²) in [6.07, 6.45) is 0. The van der Waals surface area contributed by atoms with E-state index in [4.69, 9.17) is 0 Å². The first-order chi connectivity index (χ1) is 7.59. The van der Waals surface area contributed by atoms with E-state index in [1.165, 1.54) is 0 Å². The molecule has 0 heterocycles. The summed E-state index contributed by atoms with van der Waals surface area (Å²) in [6.45, 7) is 5.88. The Morgan fingerprint density at radius 1 is 1.31 bits per heavy atom. The topological polar surface area (TPSA) is 53.5 Å². The fourth-order valence-corrected chi connectivity index (χ4v) is 1.16. The van der Waals surface area contributed by atoms with Crippen LogP contribution in [0.5, 0.6) is 0 Å². The van der Waals surface area contributed by atoms with E-state index in [9.17, 15) is 4.79 Å². The zero-order valence-electron chi connectivity index (χ0n) is 9.87. The van der Waals surface area contributed by atoms with Crippen molar-refractivity contribution in [2.45, 2.75) is 20.8 Å². The molecule has 0 saturated carbocycles. The maximum Gasteiger partial charge on any atom is 0.259 e. The molecule has 2 N–H and O–H groups in total. The average Bonchev–Trinajstić information content (AvgIpc) is 2.25. The molecule has 86 valence electrons. The van der Waals surface area contributed by atoms with Crippen molar-refractivity contribution in [3.05, 3.63) is 29.8 Å². The van der Waals surface area contributed by atoms with Crippen LogP contribution in [-0.4, -0.2) is 18.2 Å². The third-order valence-corrected chi connectivity index (χ3v) is 1.99. The second-order valence-electron chi connectivity index (χ2n) is 3.76. The highest BCUT2D eigenvalue weighted by Gasteiger charge is 2.00. The van der Waals surface area contributed by atoms with Crippen molar-refractivity contribution in [1.29, 1.82) is 0 Å². The van der Waals surface area contributed by atoms with E-state index in [1.54, 1.807) is 0 Å². The third-order valence-electron chi connectivity index (χ3n) is 1.99. The van der Waals surface area contributed by atoms with Gasteiger partial charge < -0.3 is 5.32 Å². The number of hydrazone groups is 1. The normalized spacial score (nSPS) is 9.44. The molecule has 0 aromatic heterocycles. The lowest BCUT2D eigenvalue weighted by atomic mass is 10.2. The molecule has 1 aromatic carbocycles. The van der Waals surface area contributed by atoms with Crippen molar-refractivity contribution in [2.24, 2.45) is 5.10 Å². The van der Waals surface area contributed by atoms with Gasteiger partial charge in [0.2, 0.25) is 0 Å². The van der Waals surface area contributed by atoms with Crippen LogP contribution in [0.3, 0.4) is 0 Å². The number of aryl methyl sites for hydroxylation is 1. The molecule has 1 aromatic rings. The lowest BCUT2D eigenvalue weighted by Gasteiger charge is -2.07. The van der Waals surface area contributed by atoms with E-state index in [0.29, 0.717) is 0 Å². The maximum absolute atomic E-state index is 11.4. The second kappa shape index (κ2) is 5.90. The van der Waals surface area contributed by atoms with Gasteiger partial charge in [0.1, 0.15) is 0 Å². The second-order valence-corrected chi connectivity index (χ2v) is 3.76. The predicted octanol–water partition coefficient (Wildman–Crippen LogP) is 1.92. The number of benzene rings is 1. The lowest BCUT2D eigenvalue weighted by Crippen LogP contribution is -2.26. The lowest BCUT2D eigenvalue weighted by molar-refractivity contribution is -0.119. The number of anilines is 1. The number of nitrogens with one attached hydrogen (secondary N) is 2. The van der Waals surface area contributed by atoms with E-state index < -0.39 is 0 Å². The molecule has 0 fully saturated rings. The van der Waals surface area contributed by atoms with Crippen LogP contribution < -0.4 is 10.7 Å². The monoisotopic (exact) mass is 219 g/mol. The predicted molar refractivity (Wildman–Crippen MR) is 66.6 cm³/mol. The Balaban J connectivity index is 2.43. The van der Waals surface area contributed by atoms with Crippen molar-refractivity contribution >= 4 is 17.3 Å². The van der Waals surface area contributed by atoms with Gasteiger partial charge >= 0.3 is 0 Å². The number of para-hydroxylation sites is 1. The summed E-state index contributed by atoms with van der Waals surface area (Å²) in [5, 5.41) is 6.89. The molecule has 0 spiro atoms. The zero-order valence-corrected chi connectivity index (χ0v) is 9.87. The van der Waals surface area contributed by atoms with E-state index in [2.05, 4.69) is 15.8 Å². The van der Waals surface area contributed by atoms with Gasteiger partial charge in [-0.05, 0) is 32.4 Å². The molecule has 4 heteroatoms. The van der Waals surface area contributed by atoms with Gasteiger partial charge in [-0.15, -0.1) is 0 Å². The summed E-state index contributed by atoms with van der Waals surface area (Å²) in [4.78, 5) is 11.4. The molecule has 1 amide bonds. The van der Waals surface area contributed by atoms with Gasteiger partial charge in [-0.25, -0.2) is 5.43 Å². The molecule has 4 nitrogen and oxygen atoms in total. The third kappa shape index (κ3) is 4.13. The number of hydrogen-bond acceptors (Lipinski definition) is 3. The summed E-state index contributed by atoms with van der Waals surface area (Å²) in [5.41, 5.74) is 5.37. The van der Waals surface area contributed by atoms with Crippen molar-refractivity contribution in [1.82, 2.24) is 5.43 Å². The first-order valence-corrected chi connectivity index (χ1v) is 5.19. The number of nitrogens with zero attached hydrogens (tertiary/aromatic N) is 1. The molecule has 1 rings (SSSR count). The summed E-state index contributed by atoms with van der Waals surface area (Å²) in [5.74, 6) is -0.149. The summed E-state index contributed by atoms with van der Waals surface area (Å²) in [7, 11) is 0. The fourth-order valence-electron chi connectivity index (χ4n) is 1.16. The number of rotatable bonds is 4. The van der Waals surface area contributed by atoms with E-state index in [-0.39, 0.29) is 12.5 Å². The number of carbonyl (C=O) groups excluding carboxylic acids is 1. The molecule has 0 aliphatic carbocycles. The molecule has 0 radical (unpaired) electrons. The molecule has 0 aliphatic heterocycles. The van der Waals surface area contributed by atoms with Gasteiger partial charge in [0, 0.05) is 11.4 Å². The first-order valence-electron chi connectivity index (χ1n) is 5.19. The fraction of sp³-hybridized carbons (Fsp3) is 0.333. The molecule has 0 aliphatic rings. The van der Waals surface area contributed by atoms with Gasteiger partial charge in [-0.2, -0.15) is 5.10 Å². The Kier molecular flexibility index (Phi) is 4.51. The van der Waals surface area contributed by atoms with Gasteiger partial charge in [0.05, 0.1) is 6.54 Å². The molecule has 16 heavy (non-hydrogen) atoms. The van der Waals surface area contributed by atoms with Crippen LogP contribution in [0.1, 0.15) is 19.4 Å². The van der Waals surface area contributed by atoms with Crippen LogP contribution in [0.4, 0.5) is 5.69 Å².